The van der Waals surface area contributed by atoms with Crippen LogP contribution in [0.3, 0.4) is 0 Å². The Balaban J connectivity index is 0.00000312. The molecule has 0 amide bonds. The SMILES string of the molecule is CCNC(=NCc1ccc(F)cc1)NCC(O)c1ccccc1Cl.I. The maximum absolute atomic E-state index is 12.9. The van der Waals surface area contributed by atoms with Crippen LogP contribution in [0.15, 0.2) is 53.5 Å². The first-order valence-corrected chi connectivity index (χ1v) is 8.17. The van der Waals surface area contributed by atoms with Gasteiger partial charge < -0.3 is 15.7 Å². The third-order valence-electron chi connectivity index (χ3n) is 3.40. The Morgan fingerprint density at radius 2 is 1.84 bits per heavy atom. The molecular weight excluding hydrogens is 456 g/mol. The predicted molar refractivity (Wildman–Crippen MR) is 111 cm³/mol. The van der Waals surface area contributed by atoms with Crippen LogP contribution in [0.25, 0.3) is 0 Å². The summed E-state index contributed by atoms with van der Waals surface area (Å²) in [4.78, 5) is 4.43. The maximum atomic E-state index is 12.9. The molecule has 0 saturated heterocycles. The lowest BCUT2D eigenvalue weighted by molar-refractivity contribution is 0.181. The fourth-order valence-corrected chi connectivity index (χ4v) is 2.41. The van der Waals surface area contributed by atoms with Gasteiger partial charge in [-0.05, 0) is 30.7 Å². The molecule has 0 aliphatic rings. The molecule has 7 heteroatoms. The lowest BCUT2D eigenvalue weighted by Crippen LogP contribution is -2.39. The highest BCUT2D eigenvalue weighted by molar-refractivity contribution is 14.0. The van der Waals surface area contributed by atoms with Gasteiger partial charge in [0.2, 0.25) is 0 Å². The summed E-state index contributed by atoms with van der Waals surface area (Å²) >= 11 is 6.09. The summed E-state index contributed by atoms with van der Waals surface area (Å²) in [5, 5.41) is 17.0. The number of aliphatic hydroxyl groups is 1. The number of hydrogen-bond acceptors (Lipinski definition) is 2. The van der Waals surface area contributed by atoms with Gasteiger partial charge in [0.15, 0.2) is 5.96 Å². The monoisotopic (exact) mass is 477 g/mol. The van der Waals surface area contributed by atoms with Crippen molar-refractivity contribution in [1.29, 1.82) is 0 Å². The van der Waals surface area contributed by atoms with Crippen LogP contribution in [0.2, 0.25) is 5.02 Å². The summed E-state index contributed by atoms with van der Waals surface area (Å²) < 4.78 is 12.9. The molecule has 2 aromatic rings. The van der Waals surface area contributed by atoms with E-state index in [-0.39, 0.29) is 36.3 Å². The van der Waals surface area contributed by atoms with Crippen LogP contribution in [0, 0.1) is 5.82 Å². The molecule has 4 nitrogen and oxygen atoms in total. The van der Waals surface area contributed by atoms with Crippen LogP contribution in [-0.2, 0) is 6.54 Å². The van der Waals surface area contributed by atoms with Crippen LogP contribution < -0.4 is 10.6 Å². The van der Waals surface area contributed by atoms with Crippen molar-refractivity contribution < 1.29 is 9.50 Å². The van der Waals surface area contributed by atoms with Crippen LogP contribution >= 0.6 is 35.6 Å². The van der Waals surface area contributed by atoms with Crippen molar-refractivity contribution in [3.63, 3.8) is 0 Å². The third-order valence-corrected chi connectivity index (χ3v) is 3.75. The van der Waals surface area contributed by atoms with E-state index in [9.17, 15) is 9.50 Å². The molecule has 0 spiro atoms. The second kappa shape index (κ2) is 11.3. The first-order valence-electron chi connectivity index (χ1n) is 7.79. The molecule has 0 aliphatic carbocycles. The number of nitrogens with zero attached hydrogens (tertiary/aromatic N) is 1. The molecule has 0 radical (unpaired) electrons. The van der Waals surface area contributed by atoms with Gasteiger partial charge in [-0.15, -0.1) is 24.0 Å². The molecule has 2 aromatic carbocycles. The quantitative estimate of drug-likeness (QED) is 0.336. The van der Waals surface area contributed by atoms with E-state index in [1.807, 2.05) is 19.1 Å². The van der Waals surface area contributed by atoms with Crippen molar-refractivity contribution in [2.24, 2.45) is 4.99 Å². The van der Waals surface area contributed by atoms with E-state index in [0.29, 0.717) is 29.6 Å². The van der Waals surface area contributed by atoms with Gasteiger partial charge in [0, 0.05) is 23.7 Å². The van der Waals surface area contributed by atoms with Crippen LogP contribution in [0.1, 0.15) is 24.2 Å². The number of aliphatic imine (C=N–C) groups is 1. The van der Waals surface area contributed by atoms with E-state index in [1.54, 1.807) is 24.3 Å². The number of aliphatic hydroxyl groups excluding tert-OH is 1. The summed E-state index contributed by atoms with van der Waals surface area (Å²) in [7, 11) is 0. The Morgan fingerprint density at radius 3 is 2.48 bits per heavy atom. The van der Waals surface area contributed by atoms with E-state index in [1.165, 1.54) is 12.1 Å². The van der Waals surface area contributed by atoms with Crippen molar-refractivity contribution in [3.05, 3.63) is 70.5 Å². The lowest BCUT2D eigenvalue weighted by Gasteiger charge is -2.16. The topological polar surface area (TPSA) is 56.7 Å². The van der Waals surface area contributed by atoms with E-state index >= 15 is 0 Å². The predicted octanol–water partition coefficient (Wildman–Crippen LogP) is 3.89. The highest BCUT2D eigenvalue weighted by Gasteiger charge is 2.11. The van der Waals surface area contributed by atoms with Gasteiger partial charge >= 0.3 is 0 Å². The van der Waals surface area contributed by atoms with Crippen LogP contribution in [0.4, 0.5) is 4.39 Å². The number of benzene rings is 2. The Bertz CT molecular complexity index is 682. The number of hydrogen-bond donors (Lipinski definition) is 3. The zero-order chi connectivity index (χ0) is 17.4. The number of guanidine groups is 1. The van der Waals surface area contributed by atoms with Gasteiger partial charge in [-0.3, -0.25) is 0 Å². The van der Waals surface area contributed by atoms with E-state index < -0.39 is 6.10 Å². The van der Waals surface area contributed by atoms with Crippen molar-refractivity contribution >= 4 is 41.5 Å². The molecule has 0 bridgehead atoms. The second-order valence-corrected chi connectivity index (χ2v) is 5.65. The molecule has 0 saturated carbocycles. The molecule has 136 valence electrons. The normalized spacial score (nSPS) is 12.2. The molecule has 25 heavy (non-hydrogen) atoms. The van der Waals surface area contributed by atoms with Crippen molar-refractivity contribution in [2.45, 2.75) is 19.6 Å². The van der Waals surface area contributed by atoms with E-state index in [0.717, 1.165) is 5.56 Å². The Hall–Kier alpha value is -1.38. The highest BCUT2D eigenvalue weighted by Crippen LogP contribution is 2.21. The molecule has 0 heterocycles. The van der Waals surface area contributed by atoms with E-state index in [2.05, 4.69) is 15.6 Å². The molecule has 3 N–H and O–H groups in total. The van der Waals surface area contributed by atoms with Gasteiger partial charge in [0.1, 0.15) is 5.82 Å². The van der Waals surface area contributed by atoms with Gasteiger partial charge in [-0.25, -0.2) is 9.38 Å². The lowest BCUT2D eigenvalue weighted by atomic mass is 10.1. The number of rotatable bonds is 6. The largest absolute Gasteiger partial charge is 0.387 e. The maximum Gasteiger partial charge on any atom is 0.191 e. The number of nitrogens with one attached hydrogen (secondary N) is 2. The first kappa shape index (κ1) is 21.7. The zero-order valence-corrected chi connectivity index (χ0v) is 17.0. The number of halogens is 3. The van der Waals surface area contributed by atoms with Crippen molar-refractivity contribution in [3.8, 4) is 0 Å². The summed E-state index contributed by atoms with van der Waals surface area (Å²) in [6.45, 7) is 3.34. The molecule has 1 unspecified atom stereocenters. The van der Waals surface area contributed by atoms with Crippen LogP contribution in [-0.4, -0.2) is 24.2 Å². The smallest absolute Gasteiger partial charge is 0.191 e. The van der Waals surface area contributed by atoms with Gasteiger partial charge in [0.25, 0.3) is 0 Å². The highest BCUT2D eigenvalue weighted by atomic mass is 127. The molecular formula is C18H22ClFIN3O. The van der Waals surface area contributed by atoms with Gasteiger partial charge in [0.05, 0.1) is 12.6 Å². The summed E-state index contributed by atoms with van der Waals surface area (Å²) in [6, 6.07) is 13.4. The second-order valence-electron chi connectivity index (χ2n) is 5.24. The van der Waals surface area contributed by atoms with Crippen molar-refractivity contribution in [1.82, 2.24) is 10.6 Å². The Morgan fingerprint density at radius 1 is 1.16 bits per heavy atom. The summed E-state index contributed by atoms with van der Waals surface area (Å²) in [5.41, 5.74) is 1.57. The third kappa shape index (κ3) is 7.17. The first-order chi connectivity index (χ1) is 11.6. The fourth-order valence-electron chi connectivity index (χ4n) is 2.15. The fraction of sp³-hybridized carbons (Fsp3) is 0.278. The van der Waals surface area contributed by atoms with Crippen LogP contribution in [0.5, 0.6) is 0 Å². The minimum Gasteiger partial charge on any atom is -0.387 e. The van der Waals surface area contributed by atoms with E-state index in [4.69, 9.17) is 11.6 Å². The minimum atomic E-state index is -0.742. The molecule has 0 fully saturated rings. The summed E-state index contributed by atoms with van der Waals surface area (Å²) in [5.74, 6) is 0.309. The molecule has 0 aromatic heterocycles. The Kier molecular flexibility index (Phi) is 9.77. The average molecular weight is 478 g/mol. The van der Waals surface area contributed by atoms with Gasteiger partial charge in [-0.1, -0.05) is 41.9 Å². The molecule has 2 rings (SSSR count). The van der Waals surface area contributed by atoms with Crippen molar-refractivity contribution in [2.75, 3.05) is 13.1 Å². The standard InChI is InChI=1S/C18H21ClFN3O.HI/c1-2-21-18(22-11-13-7-9-14(20)10-8-13)23-12-17(24)15-5-3-4-6-16(15)19;/h3-10,17,24H,2,11-12H2,1H3,(H2,21,22,23);1H. The average Bonchev–Trinajstić information content (AvgIpc) is 2.59. The Labute approximate surface area is 169 Å². The summed E-state index contributed by atoms with van der Waals surface area (Å²) in [6.07, 6.45) is -0.742. The van der Waals surface area contributed by atoms with Gasteiger partial charge in [-0.2, -0.15) is 0 Å². The molecule has 1 atom stereocenters. The molecule has 0 aliphatic heterocycles. The zero-order valence-electron chi connectivity index (χ0n) is 13.9. The minimum absolute atomic E-state index is 0.